The van der Waals surface area contributed by atoms with Gasteiger partial charge in [0.1, 0.15) is 5.82 Å². The van der Waals surface area contributed by atoms with E-state index in [0.717, 1.165) is 36.2 Å². The number of ether oxygens (including phenoxy) is 1. The molecule has 0 amide bonds. The molecule has 2 heterocycles. The highest BCUT2D eigenvalue weighted by atomic mass is 35.5. The monoisotopic (exact) mass is 402 g/mol. The Morgan fingerprint density at radius 1 is 1.29 bits per heavy atom. The van der Waals surface area contributed by atoms with Crippen LogP contribution in [-0.2, 0) is 24.3 Å². The van der Waals surface area contributed by atoms with Crippen molar-refractivity contribution < 1.29 is 19.1 Å². The van der Waals surface area contributed by atoms with Crippen LogP contribution in [0.2, 0.25) is 5.15 Å². The van der Waals surface area contributed by atoms with Crippen LogP contribution in [0, 0.1) is 0 Å². The molecule has 0 bridgehead atoms. The lowest BCUT2D eigenvalue weighted by molar-refractivity contribution is 0.0566. The normalized spacial score (nSPS) is 11.0. The minimum absolute atomic E-state index is 0.159. The van der Waals surface area contributed by atoms with Crippen molar-refractivity contribution in [2.45, 2.75) is 39.3 Å². The van der Waals surface area contributed by atoms with Crippen molar-refractivity contribution >= 4 is 17.6 Å². The second-order valence-electron chi connectivity index (χ2n) is 6.47. The number of halogens is 1. The molecule has 6 nitrogen and oxygen atoms in total. The number of benzene rings is 1. The van der Waals surface area contributed by atoms with Crippen LogP contribution in [-0.4, -0.2) is 27.7 Å². The zero-order chi connectivity index (χ0) is 20.1. The number of hydrogen-bond donors (Lipinski definition) is 1. The number of aryl methyl sites for hydroxylation is 1. The first-order valence-corrected chi connectivity index (χ1v) is 9.56. The number of unbranched alkanes of at least 4 members (excludes halogenated alkanes) is 1. The van der Waals surface area contributed by atoms with Crippen molar-refractivity contribution in [1.29, 1.82) is 0 Å². The third-order valence-electron chi connectivity index (χ3n) is 4.65. The summed E-state index contributed by atoms with van der Waals surface area (Å²) in [4.78, 5) is 16.2. The Morgan fingerprint density at radius 3 is 2.68 bits per heavy atom. The van der Waals surface area contributed by atoms with Crippen LogP contribution in [0.15, 0.2) is 41.0 Å². The second-order valence-corrected chi connectivity index (χ2v) is 6.82. The van der Waals surface area contributed by atoms with E-state index in [1.807, 2.05) is 28.8 Å². The summed E-state index contributed by atoms with van der Waals surface area (Å²) in [6, 6.07) is 9.54. The van der Waals surface area contributed by atoms with Crippen molar-refractivity contribution in [3.8, 4) is 11.1 Å². The molecule has 148 valence electrons. The van der Waals surface area contributed by atoms with Gasteiger partial charge in [-0.25, -0.2) is 9.78 Å². The second kappa shape index (κ2) is 9.08. The Labute approximate surface area is 168 Å². The highest BCUT2D eigenvalue weighted by Gasteiger charge is 2.18. The van der Waals surface area contributed by atoms with Gasteiger partial charge in [0.25, 0.3) is 0 Å². The van der Waals surface area contributed by atoms with E-state index in [2.05, 4.69) is 11.9 Å². The van der Waals surface area contributed by atoms with Crippen LogP contribution in [0.4, 0.5) is 0 Å². The van der Waals surface area contributed by atoms with Gasteiger partial charge in [0.15, 0.2) is 5.15 Å². The summed E-state index contributed by atoms with van der Waals surface area (Å²) < 4.78 is 12.0. The molecule has 0 spiro atoms. The lowest BCUT2D eigenvalue weighted by atomic mass is 10.0. The number of esters is 1. The lowest BCUT2D eigenvalue weighted by Gasteiger charge is -2.12. The van der Waals surface area contributed by atoms with Gasteiger partial charge in [0.05, 0.1) is 25.7 Å². The van der Waals surface area contributed by atoms with Gasteiger partial charge >= 0.3 is 5.97 Å². The van der Waals surface area contributed by atoms with Crippen LogP contribution in [0.25, 0.3) is 11.1 Å². The van der Waals surface area contributed by atoms with Gasteiger partial charge < -0.3 is 18.8 Å². The lowest BCUT2D eigenvalue weighted by Crippen LogP contribution is -2.09. The maximum absolute atomic E-state index is 11.8. The average Bonchev–Trinajstić information content (AvgIpc) is 3.31. The number of imidazole rings is 1. The highest BCUT2D eigenvalue weighted by molar-refractivity contribution is 6.30. The van der Waals surface area contributed by atoms with Crippen LogP contribution in [0.1, 0.15) is 47.4 Å². The summed E-state index contributed by atoms with van der Waals surface area (Å²) in [7, 11) is 1.32. The molecule has 0 saturated carbocycles. The van der Waals surface area contributed by atoms with E-state index in [1.54, 1.807) is 6.07 Å². The minimum atomic E-state index is -0.509. The van der Waals surface area contributed by atoms with Crippen LogP contribution in [0.5, 0.6) is 0 Å². The van der Waals surface area contributed by atoms with E-state index < -0.39 is 5.97 Å². The number of methoxy groups -OCH3 is 1. The molecule has 0 aliphatic carbocycles. The molecule has 0 aliphatic heterocycles. The van der Waals surface area contributed by atoms with Gasteiger partial charge in [0, 0.05) is 18.5 Å². The van der Waals surface area contributed by atoms with Crippen LogP contribution in [0.3, 0.4) is 0 Å². The van der Waals surface area contributed by atoms with Gasteiger partial charge in [0.2, 0.25) is 5.76 Å². The first-order valence-electron chi connectivity index (χ1n) is 9.18. The molecule has 2 aromatic heterocycles. The summed E-state index contributed by atoms with van der Waals surface area (Å²) in [5, 5.41) is 10.0. The first-order chi connectivity index (χ1) is 13.6. The molecular formula is C21H23ClN2O4. The fourth-order valence-corrected chi connectivity index (χ4v) is 3.39. The predicted octanol–water partition coefficient (Wildman–Crippen LogP) is 4.47. The smallest absolute Gasteiger partial charge is 0.374 e. The molecule has 1 aromatic carbocycles. The molecule has 0 saturated heterocycles. The van der Waals surface area contributed by atoms with Crippen molar-refractivity contribution in [1.82, 2.24) is 9.55 Å². The number of rotatable bonds is 8. The zero-order valence-corrected chi connectivity index (χ0v) is 16.7. The highest BCUT2D eigenvalue weighted by Crippen LogP contribution is 2.27. The quantitative estimate of drug-likeness (QED) is 0.562. The molecular weight excluding hydrogens is 380 g/mol. The predicted molar refractivity (Wildman–Crippen MR) is 106 cm³/mol. The Kier molecular flexibility index (Phi) is 6.54. The largest absolute Gasteiger partial charge is 0.463 e. The van der Waals surface area contributed by atoms with E-state index in [1.165, 1.54) is 13.4 Å². The van der Waals surface area contributed by atoms with E-state index in [4.69, 9.17) is 20.8 Å². The Morgan fingerprint density at radius 2 is 2.04 bits per heavy atom. The molecule has 0 unspecified atom stereocenters. The topological polar surface area (TPSA) is 77.5 Å². The summed E-state index contributed by atoms with van der Waals surface area (Å²) in [5.74, 6) is 0.550. The third-order valence-corrected chi connectivity index (χ3v) is 4.95. The standard InChI is InChI=1S/C21H23ClN2O4/c1-3-4-5-18-23-20(22)17(13-25)24(18)12-14-6-8-15(9-7-14)16-10-11-28-19(16)21(26)27-2/h6-11,25H,3-5,12-13H2,1-2H3. The minimum Gasteiger partial charge on any atom is -0.463 e. The maximum atomic E-state index is 11.8. The number of aromatic nitrogens is 2. The molecule has 7 heteroatoms. The molecule has 0 fully saturated rings. The number of aliphatic hydroxyl groups is 1. The summed E-state index contributed by atoms with van der Waals surface area (Å²) in [6.07, 6.45) is 4.34. The molecule has 0 radical (unpaired) electrons. The molecule has 0 aliphatic rings. The fourth-order valence-electron chi connectivity index (χ4n) is 3.13. The van der Waals surface area contributed by atoms with Gasteiger partial charge in [-0.3, -0.25) is 0 Å². The summed E-state index contributed by atoms with van der Waals surface area (Å²) in [6.45, 7) is 2.52. The number of nitrogens with zero attached hydrogens (tertiary/aromatic N) is 2. The third kappa shape index (κ3) is 4.13. The Hall–Kier alpha value is -2.57. The van der Waals surface area contributed by atoms with E-state index in [9.17, 15) is 9.90 Å². The molecule has 3 rings (SSSR count). The number of furan rings is 1. The SMILES string of the molecule is CCCCc1nc(Cl)c(CO)n1Cc1ccc(-c2ccoc2C(=O)OC)cc1. The van der Waals surface area contributed by atoms with Gasteiger partial charge in [-0.05, 0) is 23.6 Å². The average molecular weight is 403 g/mol. The molecule has 1 N–H and O–H groups in total. The summed E-state index contributed by atoms with van der Waals surface area (Å²) >= 11 is 6.20. The van der Waals surface area contributed by atoms with Crippen molar-refractivity contribution in [3.63, 3.8) is 0 Å². The van der Waals surface area contributed by atoms with Crippen molar-refractivity contribution in [3.05, 3.63) is 64.6 Å². The van der Waals surface area contributed by atoms with E-state index in [-0.39, 0.29) is 12.4 Å². The van der Waals surface area contributed by atoms with Crippen molar-refractivity contribution in [2.75, 3.05) is 7.11 Å². The van der Waals surface area contributed by atoms with E-state index >= 15 is 0 Å². The van der Waals surface area contributed by atoms with Gasteiger partial charge in [-0.15, -0.1) is 0 Å². The Bertz CT molecular complexity index is 944. The Balaban J connectivity index is 1.86. The molecule has 3 aromatic rings. The summed E-state index contributed by atoms with van der Waals surface area (Å²) in [5.41, 5.74) is 3.20. The van der Waals surface area contributed by atoms with Crippen LogP contribution < -0.4 is 0 Å². The number of hydrogen-bond acceptors (Lipinski definition) is 5. The number of carbonyl (C=O) groups excluding carboxylic acids is 1. The first kappa shape index (κ1) is 20.2. The van der Waals surface area contributed by atoms with Crippen molar-refractivity contribution in [2.24, 2.45) is 0 Å². The fraction of sp³-hybridized carbons (Fsp3) is 0.333. The van der Waals surface area contributed by atoms with Crippen LogP contribution >= 0.6 is 11.6 Å². The molecule has 0 atom stereocenters. The van der Waals surface area contributed by atoms with E-state index in [0.29, 0.717) is 23.0 Å². The zero-order valence-electron chi connectivity index (χ0n) is 15.9. The maximum Gasteiger partial charge on any atom is 0.374 e. The number of carbonyl (C=O) groups is 1. The van der Waals surface area contributed by atoms with Gasteiger partial charge in [-0.2, -0.15) is 0 Å². The molecule has 28 heavy (non-hydrogen) atoms. The number of aliphatic hydroxyl groups excluding tert-OH is 1. The van der Waals surface area contributed by atoms with Gasteiger partial charge in [-0.1, -0.05) is 49.2 Å².